The van der Waals surface area contributed by atoms with Crippen LogP contribution in [0.4, 0.5) is 0 Å². The molecule has 0 aliphatic rings. The van der Waals surface area contributed by atoms with E-state index in [0.717, 1.165) is 29.1 Å². The molecular formula is C30H28N4O. The fraction of sp³-hybridized carbons (Fsp3) is 0.133. The summed E-state index contributed by atoms with van der Waals surface area (Å²) < 4.78 is 3.79. The van der Waals surface area contributed by atoms with Gasteiger partial charge in [0, 0.05) is 26.3 Å². The summed E-state index contributed by atoms with van der Waals surface area (Å²) >= 11 is 0. The number of hydrogen-bond acceptors (Lipinski definition) is 2. The van der Waals surface area contributed by atoms with Crippen molar-refractivity contribution in [1.82, 2.24) is 19.2 Å². The molecule has 0 bridgehead atoms. The van der Waals surface area contributed by atoms with E-state index in [4.69, 9.17) is 5.10 Å². The second-order valence-electron chi connectivity index (χ2n) is 8.61. The van der Waals surface area contributed by atoms with Crippen molar-refractivity contribution >= 4 is 5.91 Å². The van der Waals surface area contributed by atoms with Gasteiger partial charge in [0.1, 0.15) is 11.4 Å². The highest BCUT2D eigenvalue weighted by Gasteiger charge is 2.24. The Balaban J connectivity index is 1.53. The number of aromatic nitrogens is 3. The molecule has 0 aliphatic carbocycles. The smallest absolute Gasteiger partial charge is 0.272 e. The van der Waals surface area contributed by atoms with Crippen LogP contribution in [0.1, 0.15) is 21.6 Å². The maximum absolute atomic E-state index is 14.1. The molecule has 2 heterocycles. The normalized spacial score (nSPS) is 10.9. The van der Waals surface area contributed by atoms with Gasteiger partial charge in [-0.05, 0) is 47.9 Å². The Morgan fingerprint density at radius 2 is 1.43 bits per heavy atom. The first-order valence-electron chi connectivity index (χ1n) is 11.8. The van der Waals surface area contributed by atoms with Crippen molar-refractivity contribution in [1.29, 1.82) is 0 Å². The molecular weight excluding hydrogens is 432 g/mol. The molecule has 5 nitrogen and oxygen atoms in total. The van der Waals surface area contributed by atoms with Crippen LogP contribution in [0.25, 0.3) is 17.1 Å². The number of amides is 1. The third-order valence-electron chi connectivity index (χ3n) is 6.15. The Morgan fingerprint density at radius 1 is 0.800 bits per heavy atom. The van der Waals surface area contributed by atoms with Crippen LogP contribution in [0.5, 0.6) is 0 Å². The Bertz CT molecular complexity index is 1390. The van der Waals surface area contributed by atoms with Gasteiger partial charge in [-0.15, -0.1) is 0 Å². The lowest BCUT2D eigenvalue weighted by Crippen LogP contribution is -2.34. The van der Waals surface area contributed by atoms with E-state index in [-0.39, 0.29) is 5.91 Å². The van der Waals surface area contributed by atoms with Crippen molar-refractivity contribution in [2.75, 3.05) is 6.54 Å². The van der Waals surface area contributed by atoms with Gasteiger partial charge in [-0.1, -0.05) is 78.9 Å². The molecule has 0 aliphatic heterocycles. The molecule has 0 saturated heterocycles. The van der Waals surface area contributed by atoms with Crippen LogP contribution in [0.2, 0.25) is 0 Å². The zero-order valence-corrected chi connectivity index (χ0v) is 19.8. The molecule has 2 aromatic heterocycles. The van der Waals surface area contributed by atoms with Gasteiger partial charge in [0.15, 0.2) is 0 Å². The lowest BCUT2D eigenvalue weighted by atomic mass is 10.1. The van der Waals surface area contributed by atoms with Gasteiger partial charge in [0.05, 0.1) is 11.4 Å². The Kier molecular flexibility index (Phi) is 6.57. The third kappa shape index (κ3) is 5.09. The minimum atomic E-state index is -0.0402. The lowest BCUT2D eigenvalue weighted by Gasteiger charge is -2.23. The molecule has 35 heavy (non-hydrogen) atoms. The highest BCUT2D eigenvalue weighted by Crippen LogP contribution is 2.24. The molecule has 0 fully saturated rings. The molecule has 0 radical (unpaired) electrons. The average molecular weight is 461 g/mol. The lowest BCUT2D eigenvalue weighted by molar-refractivity contribution is 0.0736. The van der Waals surface area contributed by atoms with E-state index >= 15 is 0 Å². The summed E-state index contributed by atoms with van der Waals surface area (Å²) in [6, 6.07) is 36.2. The molecule has 0 atom stereocenters. The number of para-hydroxylation sites is 1. The quantitative estimate of drug-likeness (QED) is 0.295. The second kappa shape index (κ2) is 10.3. The molecule has 5 rings (SSSR count). The molecule has 3 aromatic carbocycles. The summed E-state index contributed by atoms with van der Waals surface area (Å²) in [5.74, 6) is -0.0402. The molecule has 0 spiro atoms. The average Bonchev–Trinajstić information content (AvgIpc) is 3.54. The number of hydrogen-bond donors (Lipinski definition) is 0. The standard InChI is InChI=1S/C30H28N4O/c1-32-20-11-18-28(32)27-22-29(34(31-27)26-16-9-4-10-17-26)30(35)33(23-25-14-7-3-8-15-25)21-19-24-12-5-2-6-13-24/h2-18,20,22H,19,21,23H2,1H3. The summed E-state index contributed by atoms with van der Waals surface area (Å²) in [5.41, 5.74) is 5.46. The van der Waals surface area contributed by atoms with Gasteiger partial charge in [-0.2, -0.15) is 5.10 Å². The number of benzene rings is 3. The van der Waals surface area contributed by atoms with Crippen molar-refractivity contribution in [3.05, 3.63) is 132 Å². The summed E-state index contributed by atoms with van der Waals surface area (Å²) in [6.45, 7) is 1.14. The van der Waals surface area contributed by atoms with E-state index in [0.29, 0.717) is 18.8 Å². The van der Waals surface area contributed by atoms with Crippen LogP contribution >= 0.6 is 0 Å². The van der Waals surface area contributed by atoms with Gasteiger partial charge < -0.3 is 9.47 Å². The summed E-state index contributed by atoms with van der Waals surface area (Å²) in [6.07, 6.45) is 2.77. The minimum absolute atomic E-state index is 0.0402. The highest BCUT2D eigenvalue weighted by molar-refractivity contribution is 5.94. The van der Waals surface area contributed by atoms with Crippen molar-refractivity contribution in [2.45, 2.75) is 13.0 Å². The topological polar surface area (TPSA) is 43.1 Å². The van der Waals surface area contributed by atoms with E-state index < -0.39 is 0 Å². The fourth-order valence-corrected chi connectivity index (χ4v) is 4.28. The number of rotatable bonds is 8. The SMILES string of the molecule is Cn1cccc1-c1cc(C(=O)N(CCc2ccccc2)Cc2ccccc2)n(-c2ccccc2)n1. The summed E-state index contributed by atoms with van der Waals surface area (Å²) in [4.78, 5) is 16.0. The van der Waals surface area contributed by atoms with Crippen molar-refractivity contribution in [2.24, 2.45) is 7.05 Å². The zero-order valence-electron chi connectivity index (χ0n) is 19.8. The molecule has 0 N–H and O–H groups in total. The van der Waals surface area contributed by atoms with Crippen LogP contribution in [0.15, 0.2) is 115 Å². The largest absolute Gasteiger partial charge is 0.349 e. The Morgan fingerprint density at radius 3 is 2.06 bits per heavy atom. The van der Waals surface area contributed by atoms with Crippen LogP contribution in [-0.4, -0.2) is 31.7 Å². The van der Waals surface area contributed by atoms with Crippen LogP contribution in [0, 0.1) is 0 Å². The van der Waals surface area contributed by atoms with Crippen LogP contribution < -0.4 is 0 Å². The van der Waals surface area contributed by atoms with Gasteiger partial charge in [-0.3, -0.25) is 4.79 Å². The van der Waals surface area contributed by atoms with Crippen molar-refractivity contribution in [3.8, 4) is 17.1 Å². The van der Waals surface area contributed by atoms with E-state index in [1.807, 2.05) is 108 Å². The first-order valence-corrected chi connectivity index (χ1v) is 11.8. The van der Waals surface area contributed by atoms with Crippen molar-refractivity contribution in [3.63, 3.8) is 0 Å². The Labute approximate surface area is 205 Å². The maximum atomic E-state index is 14.1. The Hall–Kier alpha value is -4.38. The van der Waals surface area contributed by atoms with Gasteiger partial charge in [-0.25, -0.2) is 4.68 Å². The monoisotopic (exact) mass is 460 g/mol. The first kappa shape index (κ1) is 22.4. The number of aryl methyl sites for hydroxylation is 1. The number of nitrogens with zero attached hydrogens (tertiary/aromatic N) is 4. The molecule has 5 aromatic rings. The van der Waals surface area contributed by atoms with Crippen LogP contribution in [0.3, 0.4) is 0 Å². The van der Waals surface area contributed by atoms with Gasteiger partial charge in [0.2, 0.25) is 0 Å². The minimum Gasteiger partial charge on any atom is -0.349 e. The zero-order chi connectivity index (χ0) is 24.0. The van der Waals surface area contributed by atoms with E-state index in [1.165, 1.54) is 5.56 Å². The summed E-state index contributed by atoms with van der Waals surface area (Å²) in [7, 11) is 1.99. The van der Waals surface area contributed by atoms with E-state index in [9.17, 15) is 4.79 Å². The summed E-state index contributed by atoms with van der Waals surface area (Å²) in [5, 5.41) is 4.86. The maximum Gasteiger partial charge on any atom is 0.272 e. The van der Waals surface area contributed by atoms with E-state index in [2.05, 4.69) is 24.3 Å². The second-order valence-corrected chi connectivity index (χ2v) is 8.61. The molecule has 0 unspecified atom stereocenters. The van der Waals surface area contributed by atoms with E-state index in [1.54, 1.807) is 4.68 Å². The van der Waals surface area contributed by atoms with Gasteiger partial charge >= 0.3 is 0 Å². The number of carbonyl (C=O) groups is 1. The third-order valence-corrected chi connectivity index (χ3v) is 6.15. The fourth-order valence-electron chi connectivity index (χ4n) is 4.28. The molecule has 5 heteroatoms. The molecule has 0 saturated carbocycles. The predicted octanol–water partition coefficient (Wildman–Crippen LogP) is 5.76. The first-order chi connectivity index (χ1) is 17.2. The van der Waals surface area contributed by atoms with Gasteiger partial charge in [0.25, 0.3) is 5.91 Å². The molecule has 174 valence electrons. The predicted molar refractivity (Wildman–Crippen MR) is 139 cm³/mol. The highest BCUT2D eigenvalue weighted by atomic mass is 16.2. The molecule has 1 amide bonds. The van der Waals surface area contributed by atoms with Crippen molar-refractivity contribution < 1.29 is 4.79 Å². The number of carbonyl (C=O) groups excluding carboxylic acids is 1. The van der Waals surface area contributed by atoms with Crippen LogP contribution in [-0.2, 0) is 20.0 Å².